The van der Waals surface area contributed by atoms with E-state index in [4.69, 9.17) is 0 Å². The van der Waals surface area contributed by atoms with Gasteiger partial charge in [0.2, 0.25) is 0 Å². The fourth-order valence-corrected chi connectivity index (χ4v) is 2.45. The second-order valence-corrected chi connectivity index (χ2v) is 5.90. The van der Waals surface area contributed by atoms with Crippen molar-refractivity contribution in [3.63, 3.8) is 0 Å². The van der Waals surface area contributed by atoms with Crippen LogP contribution in [0.4, 0.5) is 0 Å². The maximum absolute atomic E-state index is 3.33. The van der Waals surface area contributed by atoms with Gasteiger partial charge < -0.3 is 5.32 Å². The number of hydrogen-bond donors (Lipinski definition) is 1. The van der Waals surface area contributed by atoms with Crippen molar-refractivity contribution in [3.05, 3.63) is 35.4 Å². The highest BCUT2D eigenvalue weighted by atomic mass is 14.9. The van der Waals surface area contributed by atoms with Crippen LogP contribution in [-0.4, -0.2) is 13.1 Å². The Hall–Kier alpha value is -0.820. The first-order valence-corrected chi connectivity index (χ1v) is 6.72. The average molecular weight is 233 g/mol. The van der Waals surface area contributed by atoms with Crippen LogP contribution in [0.1, 0.15) is 45.2 Å². The molecule has 1 aromatic carbocycles. The fraction of sp³-hybridized carbons (Fsp3) is 0.625. The molecule has 1 unspecified atom stereocenters. The van der Waals surface area contributed by atoms with Gasteiger partial charge in [-0.3, -0.25) is 0 Å². The number of nitrogens with one attached hydrogen (secondary N) is 1. The molecule has 0 saturated heterocycles. The quantitative estimate of drug-likeness (QED) is 0.787. The lowest BCUT2D eigenvalue weighted by atomic mass is 9.80. The SMILES string of the molecule is CCc1ccc(CC(C)(C)CC(C)NC)cc1. The summed E-state index contributed by atoms with van der Waals surface area (Å²) in [6.45, 7) is 9.17. The molecule has 1 N–H and O–H groups in total. The average Bonchev–Trinajstić information content (AvgIpc) is 2.28. The number of aryl methyl sites for hydroxylation is 1. The van der Waals surface area contributed by atoms with E-state index < -0.39 is 0 Å². The predicted molar refractivity (Wildman–Crippen MR) is 76.4 cm³/mol. The fourth-order valence-electron chi connectivity index (χ4n) is 2.45. The molecule has 0 radical (unpaired) electrons. The molecule has 1 aromatic rings. The summed E-state index contributed by atoms with van der Waals surface area (Å²) in [5, 5.41) is 3.33. The van der Waals surface area contributed by atoms with Gasteiger partial charge in [0.15, 0.2) is 0 Å². The maximum Gasteiger partial charge on any atom is 0.00409 e. The van der Waals surface area contributed by atoms with Gasteiger partial charge in [-0.2, -0.15) is 0 Å². The first kappa shape index (κ1) is 14.2. The summed E-state index contributed by atoms with van der Waals surface area (Å²) in [6, 6.07) is 9.66. The van der Waals surface area contributed by atoms with Crippen molar-refractivity contribution >= 4 is 0 Å². The van der Waals surface area contributed by atoms with Gasteiger partial charge in [-0.15, -0.1) is 0 Å². The number of hydrogen-bond acceptors (Lipinski definition) is 1. The second-order valence-electron chi connectivity index (χ2n) is 5.90. The zero-order chi connectivity index (χ0) is 12.9. The molecule has 0 heterocycles. The van der Waals surface area contributed by atoms with E-state index in [0.717, 1.165) is 12.8 Å². The van der Waals surface area contributed by atoms with E-state index in [-0.39, 0.29) is 0 Å². The molecule has 96 valence electrons. The van der Waals surface area contributed by atoms with Crippen LogP contribution < -0.4 is 5.32 Å². The molecule has 0 spiro atoms. The Balaban J connectivity index is 2.62. The third-order valence-corrected chi connectivity index (χ3v) is 3.47. The Bertz CT molecular complexity index is 324. The number of benzene rings is 1. The number of rotatable bonds is 6. The summed E-state index contributed by atoms with van der Waals surface area (Å²) in [4.78, 5) is 0. The van der Waals surface area contributed by atoms with Crippen molar-refractivity contribution in [2.45, 2.75) is 53.0 Å². The Morgan fingerprint density at radius 1 is 1.12 bits per heavy atom. The predicted octanol–water partition coefficient (Wildman–Crippen LogP) is 3.82. The highest BCUT2D eigenvalue weighted by Crippen LogP contribution is 2.27. The minimum absolute atomic E-state index is 0.357. The van der Waals surface area contributed by atoms with Crippen molar-refractivity contribution in [2.24, 2.45) is 5.41 Å². The van der Waals surface area contributed by atoms with Gasteiger partial charge in [0.1, 0.15) is 0 Å². The Morgan fingerprint density at radius 3 is 2.12 bits per heavy atom. The van der Waals surface area contributed by atoms with E-state index in [2.05, 4.69) is 57.3 Å². The van der Waals surface area contributed by atoms with Gasteiger partial charge in [0.05, 0.1) is 0 Å². The van der Waals surface area contributed by atoms with Crippen LogP contribution in [0.2, 0.25) is 0 Å². The van der Waals surface area contributed by atoms with E-state index in [1.165, 1.54) is 17.5 Å². The lowest BCUT2D eigenvalue weighted by Gasteiger charge is -2.28. The van der Waals surface area contributed by atoms with E-state index >= 15 is 0 Å². The monoisotopic (exact) mass is 233 g/mol. The zero-order valence-corrected chi connectivity index (χ0v) is 12.0. The molecule has 1 rings (SSSR count). The van der Waals surface area contributed by atoms with Crippen LogP contribution in [0.3, 0.4) is 0 Å². The van der Waals surface area contributed by atoms with Gasteiger partial charge in [0, 0.05) is 6.04 Å². The van der Waals surface area contributed by atoms with Crippen molar-refractivity contribution in [1.29, 1.82) is 0 Å². The Labute approximate surface area is 107 Å². The van der Waals surface area contributed by atoms with E-state index in [1.807, 2.05) is 7.05 Å². The van der Waals surface area contributed by atoms with Crippen LogP contribution in [0.15, 0.2) is 24.3 Å². The molecule has 0 aromatic heterocycles. The van der Waals surface area contributed by atoms with Crippen LogP contribution in [0.5, 0.6) is 0 Å². The summed E-state index contributed by atoms with van der Waals surface area (Å²) in [7, 11) is 2.04. The van der Waals surface area contributed by atoms with Gasteiger partial charge in [-0.1, -0.05) is 45.0 Å². The summed E-state index contributed by atoms with van der Waals surface area (Å²) in [5.74, 6) is 0. The molecule has 1 heteroatoms. The highest BCUT2D eigenvalue weighted by molar-refractivity contribution is 5.23. The van der Waals surface area contributed by atoms with Crippen molar-refractivity contribution in [3.8, 4) is 0 Å². The minimum Gasteiger partial charge on any atom is -0.317 e. The molecule has 1 atom stereocenters. The molecule has 0 fully saturated rings. The maximum atomic E-state index is 3.33. The first-order chi connectivity index (χ1) is 7.96. The third kappa shape index (κ3) is 4.91. The van der Waals surface area contributed by atoms with Gasteiger partial charge >= 0.3 is 0 Å². The zero-order valence-electron chi connectivity index (χ0n) is 12.0. The molecule has 0 aliphatic rings. The molecular formula is C16H27N. The van der Waals surface area contributed by atoms with Gasteiger partial charge in [0.25, 0.3) is 0 Å². The topological polar surface area (TPSA) is 12.0 Å². The van der Waals surface area contributed by atoms with Gasteiger partial charge in [-0.05, 0) is 49.8 Å². The lowest BCUT2D eigenvalue weighted by Crippen LogP contribution is -2.29. The van der Waals surface area contributed by atoms with Crippen LogP contribution in [0, 0.1) is 5.41 Å². The highest BCUT2D eigenvalue weighted by Gasteiger charge is 2.20. The van der Waals surface area contributed by atoms with Crippen LogP contribution in [0.25, 0.3) is 0 Å². The Kier molecular flexibility index (Phi) is 5.20. The van der Waals surface area contributed by atoms with E-state index in [9.17, 15) is 0 Å². The second kappa shape index (κ2) is 6.20. The molecule has 1 nitrogen and oxygen atoms in total. The summed E-state index contributed by atoms with van der Waals surface area (Å²) < 4.78 is 0. The van der Waals surface area contributed by atoms with E-state index in [0.29, 0.717) is 11.5 Å². The third-order valence-electron chi connectivity index (χ3n) is 3.47. The first-order valence-electron chi connectivity index (χ1n) is 6.72. The largest absolute Gasteiger partial charge is 0.317 e. The summed E-state index contributed by atoms with van der Waals surface area (Å²) in [5.41, 5.74) is 3.24. The summed E-state index contributed by atoms with van der Waals surface area (Å²) >= 11 is 0. The van der Waals surface area contributed by atoms with Crippen LogP contribution in [-0.2, 0) is 12.8 Å². The van der Waals surface area contributed by atoms with Crippen molar-refractivity contribution in [2.75, 3.05) is 7.05 Å². The molecule has 0 aliphatic heterocycles. The molecule has 0 aliphatic carbocycles. The molecule has 0 amide bonds. The van der Waals surface area contributed by atoms with Crippen molar-refractivity contribution in [1.82, 2.24) is 5.32 Å². The minimum atomic E-state index is 0.357. The summed E-state index contributed by atoms with van der Waals surface area (Å²) in [6.07, 6.45) is 3.49. The Morgan fingerprint density at radius 2 is 1.65 bits per heavy atom. The van der Waals surface area contributed by atoms with Crippen LogP contribution >= 0.6 is 0 Å². The van der Waals surface area contributed by atoms with Crippen molar-refractivity contribution < 1.29 is 0 Å². The molecule has 0 saturated carbocycles. The molecule has 17 heavy (non-hydrogen) atoms. The smallest absolute Gasteiger partial charge is 0.00409 e. The molecular weight excluding hydrogens is 206 g/mol. The lowest BCUT2D eigenvalue weighted by molar-refractivity contribution is 0.293. The van der Waals surface area contributed by atoms with E-state index in [1.54, 1.807) is 0 Å². The normalized spacial score (nSPS) is 13.7. The van der Waals surface area contributed by atoms with Gasteiger partial charge in [-0.25, -0.2) is 0 Å². The standard InChI is InChI=1S/C16H27N/c1-6-14-7-9-15(10-8-14)12-16(3,4)11-13(2)17-5/h7-10,13,17H,6,11-12H2,1-5H3. The molecule has 0 bridgehead atoms.